The van der Waals surface area contributed by atoms with Crippen LogP contribution in [0.15, 0.2) is 18.2 Å². The Hall–Kier alpha value is -1.38. The zero-order chi connectivity index (χ0) is 13.7. The van der Waals surface area contributed by atoms with Crippen LogP contribution in [0.5, 0.6) is 5.75 Å². The summed E-state index contributed by atoms with van der Waals surface area (Å²) in [5, 5.41) is 3.65. The Morgan fingerprint density at radius 1 is 1.30 bits per heavy atom. The minimum atomic E-state index is 0.221. The normalized spacial score (nSPS) is 30.8. The second-order valence-electron chi connectivity index (χ2n) is 6.77. The van der Waals surface area contributed by atoms with Crippen molar-refractivity contribution in [2.75, 3.05) is 23.3 Å². The topological polar surface area (TPSA) is 24.5 Å². The standard InChI is InChI=1S/C17H24N2O/c1-11(2)20-16-8-4-7-14-17(16)18-9-15-13-6-3-5-12(13)10-19(14)15/h4,7-8,11-13,15,18H,3,5-6,9-10H2,1-2H3. The molecule has 108 valence electrons. The summed E-state index contributed by atoms with van der Waals surface area (Å²) in [6.07, 6.45) is 4.50. The van der Waals surface area contributed by atoms with E-state index in [1.54, 1.807) is 0 Å². The Bertz CT molecular complexity index is 514. The maximum Gasteiger partial charge on any atom is 0.144 e. The van der Waals surface area contributed by atoms with Crippen LogP contribution in [0.3, 0.4) is 0 Å². The summed E-state index contributed by atoms with van der Waals surface area (Å²) < 4.78 is 5.97. The Kier molecular flexibility index (Phi) is 2.83. The summed E-state index contributed by atoms with van der Waals surface area (Å²) in [7, 11) is 0. The van der Waals surface area contributed by atoms with E-state index in [1.807, 2.05) is 0 Å². The van der Waals surface area contributed by atoms with Crippen molar-refractivity contribution in [3.05, 3.63) is 18.2 Å². The van der Waals surface area contributed by atoms with Gasteiger partial charge in [-0.25, -0.2) is 0 Å². The molecule has 3 aliphatic rings. The largest absolute Gasteiger partial charge is 0.489 e. The van der Waals surface area contributed by atoms with Crippen molar-refractivity contribution in [3.8, 4) is 5.75 Å². The van der Waals surface area contributed by atoms with Crippen LogP contribution in [0.2, 0.25) is 0 Å². The van der Waals surface area contributed by atoms with Gasteiger partial charge >= 0.3 is 0 Å². The Balaban J connectivity index is 1.68. The SMILES string of the molecule is CC(C)Oc1cccc2c1NCC1C3CCCC3CN21. The van der Waals surface area contributed by atoms with Gasteiger partial charge in [0.05, 0.1) is 11.8 Å². The molecule has 1 aliphatic carbocycles. The molecule has 3 unspecified atom stereocenters. The fourth-order valence-electron chi connectivity index (χ4n) is 4.45. The number of benzene rings is 1. The predicted molar refractivity (Wildman–Crippen MR) is 82.7 cm³/mol. The molecule has 20 heavy (non-hydrogen) atoms. The summed E-state index contributed by atoms with van der Waals surface area (Å²) in [6, 6.07) is 7.17. The zero-order valence-electron chi connectivity index (χ0n) is 12.4. The number of nitrogens with zero attached hydrogens (tertiary/aromatic N) is 1. The van der Waals surface area contributed by atoms with Crippen LogP contribution < -0.4 is 15.0 Å². The molecule has 1 aromatic rings. The second-order valence-corrected chi connectivity index (χ2v) is 6.77. The highest BCUT2D eigenvalue weighted by atomic mass is 16.5. The van der Waals surface area contributed by atoms with Gasteiger partial charge in [-0.2, -0.15) is 0 Å². The van der Waals surface area contributed by atoms with Crippen molar-refractivity contribution < 1.29 is 4.74 Å². The van der Waals surface area contributed by atoms with E-state index in [0.717, 1.165) is 24.1 Å². The van der Waals surface area contributed by atoms with Crippen LogP contribution in [0.4, 0.5) is 11.4 Å². The molecule has 0 bridgehead atoms. The van der Waals surface area contributed by atoms with Gasteiger partial charge in [0.1, 0.15) is 11.4 Å². The van der Waals surface area contributed by atoms with Gasteiger partial charge in [-0.05, 0) is 50.7 Å². The van der Waals surface area contributed by atoms with Crippen molar-refractivity contribution in [2.24, 2.45) is 11.8 Å². The molecule has 1 aromatic carbocycles. The number of fused-ring (bicyclic) bond motifs is 5. The van der Waals surface area contributed by atoms with Crippen molar-refractivity contribution in [2.45, 2.75) is 45.3 Å². The van der Waals surface area contributed by atoms with Gasteiger partial charge in [0.2, 0.25) is 0 Å². The monoisotopic (exact) mass is 272 g/mol. The lowest BCUT2D eigenvalue weighted by Gasteiger charge is -2.37. The fraction of sp³-hybridized carbons (Fsp3) is 0.647. The molecule has 2 aliphatic heterocycles. The molecule has 2 heterocycles. The van der Waals surface area contributed by atoms with Gasteiger partial charge in [-0.1, -0.05) is 12.5 Å². The molecule has 2 fully saturated rings. The summed E-state index contributed by atoms with van der Waals surface area (Å²) in [4.78, 5) is 2.65. The van der Waals surface area contributed by atoms with Gasteiger partial charge in [-0.15, -0.1) is 0 Å². The highest BCUT2D eigenvalue weighted by molar-refractivity contribution is 5.79. The average molecular weight is 272 g/mol. The average Bonchev–Trinajstić information content (AvgIpc) is 2.98. The highest BCUT2D eigenvalue weighted by Gasteiger charge is 2.46. The first-order valence-corrected chi connectivity index (χ1v) is 8.04. The number of anilines is 2. The molecule has 4 rings (SSSR count). The fourth-order valence-corrected chi connectivity index (χ4v) is 4.45. The number of rotatable bonds is 2. The lowest BCUT2D eigenvalue weighted by molar-refractivity contribution is 0.243. The first-order chi connectivity index (χ1) is 9.74. The minimum absolute atomic E-state index is 0.221. The predicted octanol–water partition coefficient (Wildman–Crippen LogP) is 3.50. The van der Waals surface area contributed by atoms with Crippen LogP contribution in [0.25, 0.3) is 0 Å². The molecule has 3 atom stereocenters. The quantitative estimate of drug-likeness (QED) is 0.891. The van der Waals surface area contributed by atoms with Crippen LogP contribution in [-0.4, -0.2) is 25.2 Å². The molecule has 1 saturated heterocycles. The molecule has 0 aromatic heterocycles. The summed E-state index contributed by atoms with van der Waals surface area (Å²) >= 11 is 0. The third kappa shape index (κ3) is 1.79. The summed E-state index contributed by atoms with van der Waals surface area (Å²) in [5.41, 5.74) is 2.56. The van der Waals surface area contributed by atoms with Gasteiger partial charge in [0.25, 0.3) is 0 Å². The van der Waals surface area contributed by atoms with E-state index in [0.29, 0.717) is 6.04 Å². The first-order valence-electron chi connectivity index (χ1n) is 8.04. The number of hydrogen-bond donors (Lipinski definition) is 1. The molecular formula is C17H24N2O. The van der Waals surface area contributed by atoms with E-state index in [2.05, 4.69) is 42.3 Å². The Morgan fingerprint density at radius 2 is 2.20 bits per heavy atom. The Labute approximate surface area is 121 Å². The van der Waals surface area contributed by atoms with E-state index in [4.69, 9.17) is 4.74 Å². The van der Waals surface area contributed by atoms with E-state index in [1.165, 1.54) is 37.2 Å². The first kappa shape index (κ1) is 12.4. The Morgan fingerprint density at radius 3 is 3.05 bits per heavy atom. The molecule has 3 heteroatoms. The van der Waals surface area contributed by atoms with E-state index >= 15 is 0 Å². The maximum atomic E-state index is 5.97. The molecule has 3 nitrogen and oxygen atoms in total. The number of hydrogen-bond acceptors (Lipinski definition) is 3. The zero-order valence-corrected chi connectivity index (χ0v) is 12.4. The molecule has 1 N–H and O–H groups in total. The van der Waals surface area contributed by atoms with Crippen LogP contribution in [0, 0.1) is 11.8 Å². The molecule has 0 amide bonds. The number of ether oxygens (including phenoxy) is 1. The van der Waals surface area contributed by atoms with Crippen molar-refractivity contribution in [1.29, 1.82) is 0 Å². The van der Waals surface area contributed by atoms with E-state index < -0.39 is 0 Å². The van der Waals surface area contributed by atoms with Crippen molar-refractivity contribution in [3.63, 3.8) is 0 Å². The van der Waals surface area contributed by atoms with Crippen molar-refractivity contribution >= 4 is 11.4 Å². The molecule has 1 saturated carbocycles. The number of para-hydroxylation sites is 1. The smallest absolute Gasteiger partial charge is 0.144 e. The van der Waals surface area contributed by atoms with Gasteiger partial charge in [0, 0.05) is 19.1 Å². The lowest BCUT2D eigenvalue weighted by Crippen LogP contribution is -2.42. The summed E-state index contributed by atoms with van der Waals surface area (Å²) in [6.45, 7) is 6.50. The molecule has 0 radical (unpaired) electrons. The third-order valence-corrected chi connectivity index (χ3v) is 5.21. The number of nitrogens with one attached hydrogen (secondary N) is 1. The van der Waals surface area contributed by atoms with Crippen LogP contribution in [-0.2, 0) is 0 Å². The van der Waals surface area contributed by atoms with Gasteiger partial charge < -0.3 is 15.0 Å². The van der Waals surface area contributed by atoms with Crippen LogP contribution >= 0.6 is 0 Å². The van der Waals surface area contributed by atoms with E-state index in [-0.39, 0.29) is 6.10 Å². The van der Waals surface area contributed by atoms with E-state index in [9.17, 15) is 0 Å². The highest BCUT2D eigenvalue weighted by Crippen LogP contribution is 2.49. The van der Waals surface area contributed by atoms with Crippen LogP contribution in [0.1, 0.15) is 33.1 Å². The van der Waals surface area contributed by atoms with Gasteiger partial charge in [-0.3, -0.25) is 0 Å². The lowest BCUT2D eigenvalue weighted by atomic mass is 9.93. The van der Waals surface area contributed by atoms with Gasteiger partial charge in [0.15, 0.2) is 0 Å². The molecular weight excluding hydrogens is 248 g/mol. The third-order valence-electron chi connectivity index (χ3n) is 5.21. The molecule has 0 spiro atoms. The maximum absolute atomic E-state index is 5.97. The second kappa shape index (κ2) is 4.57. The van der Waals surface area contributed by atoms with Crippen molar-refractivity contribution in [1.82, 2.24) is 0 Å². The minimum Gasteiger partial charge on any atom is -0.489 e. The summed E-state index contributed by atoms with van der Waals surface area (Å²) in [5.74, 6) is 2.83.